The summed E-state index contributed by atoms with van der Waals surface area (Å²) in [5, 5.41) is 0. The lowest BCUT2D eigenvalue weighted by Crippen LogP contribution is -2.14. The van der Waals surface area contributed by atoms with Gasteiger partial charge < -0.3 is 4.90 Å². The molecule has 0 unspecified atom stereocenters. The predicted molar refractivity (Wildman–Crippen MR) is 55.3 cm³/mol. The summed E-state index contributed by atoms with van der Waals surface area (Å²) in [4.78, 5) is 6.34. The van der Waals surface area contributed by atoms with Gasteiger partial charge in [-0.1, -0.05) is 12.6 Å². The first-order valence-corrected chi connectivity index (χ1v) is 4.38. The molecule has 0 aliphatic rings. The van der Waals surface area contributed by atoms with Gasteiger partial charge in [0.2, 0.25) is 0 Å². The lowest BCUT2D eigenvalue weighted by Gasteiger charge is -2.18. The molecule has 0 aliphatic heterocycles. The van der Waals surface area contributed by atoms with Gasteiger partial charge >= 0.3 is 0 Å². The van der Waals surface area contributed by atoms with Crippen molar-refractivity contribution in [2.75, 3.05) is 7.05 Å². The molecule has 0 bridgehead atoms. The van der Waals surface area contributed by atoms with Crippen molar-refractivity contribution in [1.29, 1.82) is 0 Å². The van der Waals surface area contributed by atoms with Crippen LogP contribution in [-0.2, 0) is 6.54 Å². The third-order valence-electron chi connectivity index (χ3n) is 2.04. The van der Waals surface area contributed by atoms with Gasteiger partial charge in [0, 0.05) is 31.2 Å². The SMILES string of the molecule is C=C(C)N(C)Cc1ccc(C)nc1. The molecule has 0 spiro atoms. The van der Waals surface area contributed by atoms with E-state index >= 15 is 0 Å². The Balaban J connectivity index is 2.64. The van der Waals surface area contributed by atoms with Crippen LogP contribution in [0.4, 0.5) is 0 Å². The first-order valence-electron chi connectivity index (χ1n) is 4.38. The fourth-order valence-electron chi connectivity index (χ4n) is 1.00. The molecule has 1 aromatic heterocycles. The monoisotopic (exact) mass is 176 g/mol. The summed E-state index contributed by atoms with van der Waals surface area (Å²) in [5.74, 6) is 0. The maximum absolute atomic E-state index is 4.24. The van der Waals surface area contributed by atoms with Crippen molar-refractivity contribution in [2.24, 2.45) is 0 Å². The largest absolute Gasteiger partial charge is 0.374 e. The molecule has 0 saturated heterocycles. The molecule has 0 amide bonds. The van der Waals surface area contributed by atoms with Crippen molar-refractivity contribution < 1.29 is 0 Å². The van der Waals surface area contributed by atoms with E-state index in [0.29, 0.717) is 0 Å². The maximum Gasteiger partial charge on any atom is 0.0438 e. The van der Waals surface area contributed by atoms with Gasteiger partial charge in [-0.2, -0.15) is 0 Å². The average Bonchev–Trinajstić information content (AvgIpc) is 2.08. The summed E-state index contributed by atoms with van der Waals surface area (Å²) in [6.45, 7) is 8.75. The highest BCUT2D eigenvalue weighted by atomic mass is 15.1. The van der Waals surface area contributed by atoms with Gasteiger partial charge in [-0.25, -0.2) is 0 Å². The van der Waals surface area contributed by atoms with Crippen molar-refractivity contribution in [3.05, 3.63) is 41.9 Å². The third kappa shape index (κ3) is 2.90. The Kier molecular flexibility index (Phi) is 3.07. The van der Waals surface area contributed by atoms with E-state index in [1.54, 1.807) is 0 Å². The number of nitrogens with zero attached hydrogens (tertiary/aromatic N) is 2. The molecule has 1 rings (SSSR count). The van der Waals surface area contributed by atoms with E-state index in [-0.39, 0.29) is 0 Å². The van der Waals surface area contributed by atoms with Crippen molar-refractivity contribution in [3.63, 3.8) is 0 Å². The van der Waals surface area contributed by atoms with Crippen LogP contribution in [0.25, 0.3) is 0 Å². The van der Waals surface area contributed by atoms with Gasteiger partial charge in [-0.15, -0.1) is 0 Å². The van der Waals surface area contributed by atoms with Crippen molar-refractivity contribution in [3.8, 4) is 0 Å². The lowest BCUT2D eigenvalue weighted by atomic mass is 10.2. The molecule has 2 nitrogen and oxygen atoms in total. The maximum atomic E-state index is 4.24. The number of allylic oxidation sites excluding steroid dienone is 1. The second-order valence-corrected chi connectivity index (χ2v) is 3.40. The Hall–Kier alpha value is -1.31. The summed E-state index contributed by atoms with van der Waals surface area (Å²) >= 11 is 0. The number of rotatable bonds is 3. The molecule has 0 fully saturated rings. The van der Waals surface area contributed by atoms with E-state index in [0.717, 1.165) is 17.9 Å². The zero-order chi connectivity index (χ0) is 9.84. The summed E-state index contributed by atoms with van der Waals surface area (Å²) < 4.78 is 0. The van der Waals surface area contributed by atoms with Crippen LogP contribution in [0.3, 0.4) is 0 Å². The molecular formula is C11H16N2. The van der Waals surface area contributed by atoms with Crippen LogP contribution in [0.15, 0.2) is 30.6 Å². The molecule has 1 aromatic rings. The van der Waals surface area contributed by atoms with Gasteiger partial charge in [-0.3, -0.25) is 4.98 Å². The van der Waals surface area contributed by atoms with Crippen LogP contribution in [0.2, 0.25) is 0 Å². The van der Waals surface area contributed by atoms with Crippen LogP contribution in [0, 0.1) is 6.92 Å². The molecule has 0 aromatic carbocycles. The first-order chi connectivity index (χ1) is 6.09. The fraction of sp³-hybridized carbons (Fsp3) is 0.364. The smallest absolute Gasteiger partial charge is 0.0438 e. The molecule has 13 heavy (non-hydrogen) atoms. The third-order valence-corrected chi connectivity index (χ3v) is 2.04. The Labute approximate surface area is 79.9 Å². The zero-order valence-electron chi connectivity index (χ0n) is 8.54. The highest BCUT2D eigenvalue weighted by molar-refractivity contribution is 5.13. The standard InChI is InChI=1S/C11H16N2/c1-9(2)13(4)8-11-6-5-10(3)12-7-11/h5-7H,1,8H2,2-4H3. The number of hydrogen-bond acceptors (Lipinski definition) is 2. The predicted octanol–water partition coefficient (Wildman–Crippen LogP) is 2.36. The minimum atomic E-state index is 0.878. The molecule has 0 radical (unpaired) electrons. The van der Waals surface area contributed by atoms with E-state index in [9.17, 15) is 0 Å². The van der Waals surface area contributed by atoms with Crippen molar-refractivity contribution in [1.82, 2.24) is 9.88 Å². The van der Waals surface area contributed by atoms with E-state index in [1.807, 2.05) is 33.2 Å². The minimum absolute atomic E-state index is 0.878. The van der Waals surface area contributed by atoms with Crippen LogP contribution in [0.5, 0.6) is 0 Å². The minimum Gasteiger partial charge on any atom is -0.374 e. The fourth-order valence-corrected chi connectivity index (χ4v) is 1.00. The van der Waals surface area contributed by atoms with Gasteiger partial charge in [-0.05, 0) is 25.5 Å². The molecule has 0 saturated carbocycles. The average molecular weight is 176 g/mol. The number of hydrogen-bond donors (Lipinski definition) is 0. The molecular weight excluding hydrogens is 160 g/mol. The molecule has 2 heteroatoms. The van der Waals surface area contributed by atoms with E-state index < -0.39 is 0 Å². The lowest BCUT2D eigenvalue weighted by molar-refractivity contribution is 0.413. The van der Waals surface area contributed by atoms with Crippen molar-refractivity contribution in [2.45, 2.75) is 20.4 Å². The molecule has 70 valence electrons. The summed E-state index contributed by atoms with van der Waals surface area (Å²) in [5.41, 5.74) is 3.35. The topological polar surface area (TPSA) is 16.1 Å². The highest BCUT2D eigenvalue weighted by Crippen LogP contribution is 2.06. The van der Waals surface area contributed by atoms with Crippen LogP contribution in [0.1, 0.15) is 18.2 Å². The van der Waals surface area contributed by atoms with E-state index in [2.05, 4.69) is 22.5 Å². The molecule has 0 atom stereocenters. The molecule has 0 aliphatic carbocycles. The summed E-state index contributed by atoms with van der Waals surface area (Å²) in [6, 6.07) is 4.13. The highest BCUT2D eigenvalue weighted by Gasteiger charge is 1.98. The normalized spacial score (nSPS) is 9.77. The van der Waals surface area contributed by atoms with Crippen LogP contribution in [-0.4, -0.2) is 16.9 Å². The van der Waals surface area contributed by atoms with E-state index in [1.165, 1.54) is 5.56 Å². The molecule has 0 N–H and O–H groups in total. The quantitative estimate of drug-likeness (QED) is 0.702. The number of aromatic nitrogens is 1. The zero-order valence-corrected chi connectivity index (χ0v) is 8.54. The number of pyridine rings is 1. The first kappa shape index (κ1) is 9.78. The van der Waals surface area contributed by atoms with Gasteiger partial charge in [0.15, 0.2) is 0 Å². The Bertz CT molecular complexity index is 287. The van der Waals surface area contributed by atoms with Gasteiger partial charge in [0.25, 0.3) is 0 Å². The second-order valence-electron chi connectivity index (χ2n) is 3.40. The number of aryl methyl sites for hydroxylation is 1. The summed E-state index contributed by atoms with van der Waals surface area (Å²) in [7, 11) is 2.03. The van der Waals surface area contributed by atoms with Crippen molar-refractivity contribution >= 4 is 0 Å². The Morgan fingerprint density at radius 3 is 2.69 bits per heavy atom. The second kappa shape index (κ2) is 4.08. The molecule has 1 heterocycles. The Morgan fingerprint density at radius 1 is 1.54 bits per heavy atom. The van der Waals surface area contributed by atoms with Crippen LogP contribution >= 0.6 is 0 Å². The van der Waals surface area contributed by atoms with Crippen LogP contribution < -0.4 is 0 Å². The van der Waals surface area contributed by atoms with E-state index in [4.69, 9.17) is 0 Å². The van der Waals surface area contributed by atoms with Gasteiger partial charge in [0.1, 0.15) is 0 Å². The Morgan fingerprint density at radius 2 is 2.23 bits per heavy atom. The van der Waals surface area contributed by atoms with Gasteiger partial charge in [0.05, 0.1) is 0 Å². The summed E-state index contributed by atoms with van der Waals surface area (Å²) in [6.07, 6.45) is 1.91.